The summed E-state index contributed by atoms with van der Waals surface area (Å²) in [7, 11) is 0. The molecule has 0 radical (unpaired) electrons. The first kappa shape index (κ1) is 13.4. The average Bonchev–Trinajstić information content (AvgIpc) is 3.13. The topological polar surface area (TPSA) is 32.3 Å². The Hall–Kier alpha value is -1.07. The molecule has 1 saturated carbocycles. The van der Waals surface area contributed by atoms with Gasteiger partial charge in [-0.2, -0.15) is 13.2 Å². The van der Waals surface area contributed by atoms with E-state index in [0.29, 0.717) is 5.92 Å². The van der Waals surface area contributed by atoms with Crippen molar-refractivity contribution in [2.75, 3.05) is 6.54 Å². The Labute approximate surface area is 104 Å². The fourth-order valence-electron chi connectivity index (χ4n) is 2.00. The quantitative estimate of drug-likeness (QED) is 0.852. The second-order valence-electron chi connectivity index (χ2n) is 4.69. The van der Waals surface area contributed by atoms with E-state index in [2.05, 4.69) is 5.32 Å². The highest BCUT2D eigenvalue weighted by Crippen LogP contribution is 2.41. The predicted octanol–water partition coefficient (Wildman–Crippen LogP) is 2.65. The molecule has 0 aliphatic heterocycles. The van der Waals surface area contributed by atoms with Gasteiger partial charge in [-0.15, -0.1) is 0 Å². The van der Waals surface area contributed by atoms with Gasteiger partial charge in [-0.1, -0.05) is 30.3 Å². The minimum atomic E-state index is -4.56. The van der Waals surface area contributed by atoms with E-state index in [1.807, 2.05) is 30.3 Å². The number of aliphatic hydroxyl groups is 1. The van der Waals surface area contributed by atoms with Gasteiger partial charge >= 0.3 is 6.18 Å². The Morgan fingerprint density at radius 1 is 1.22 bits per heavy atom. The molecular formula is C13H16F3NO. The molecule has 2 N–H and O–H groups in total. The van der Waals surface area contributed by atoms with Crippen molar-refractivity contribution in [2.24, 2.45) is 5.92 Å². The molecule has 2 rings (SSSR count). The Balaban J connectivity index is 1.96. The van der Waals surface area contributed by atoms with E-state index in [1.54, 1.807) is 0 Å². The monoisotopic (exact) mass is 259 g/mol. The van der Waals surface area contributed by atoms with E-state index in [-0.39, 0.29) is 6.04 Å². The molecule has 2 atom stereocenters. The molecule has 100 valence electrons. The van der Waals surface area contributed by atoms with Crippen LogP contribution in [0.4, 0.5) is 13.2 Å². The van der Waals surface area contributed by atoms with E-state index in [1.165, 1.54) is 0 Å². The average molecular weight is 259 g/mol. The molecule has 0 aromatic heterocycles. The summed E-state index contributed by atoms with van der Waals surface area (Å²) >= 11 is 0. The van der Waals surface area contributed by atoms with E-state index in [0.717, 1.165) is 18.4 Å². The molecule has 0 amide bonds. The Morgan fingerprint density at radius 3 is 2.33 bits per heavy atom. The normalized spacial score (nSPS) is 19.6. The maximum Gasteiger partial charge on any atom is 0.415 e. The van der Waals surface area contributed by atoms with Crippen LogP contribution in [0.25, 0.3) is 0 Å². The molecule has 0 heterocycles. The zero-order chi connectivity index (χ0) is 13.2. The summed E-state index contributed by atoms with van der Waals surface area (Å²) in [6.07, 6.45) is -4.82. The number of rotatable bonds is 5. The molecule has 5 heteroatoms. The van der Waals surface area contributed by atoms with E-state index < -0.39 is 18.8 Å². The Kier molecular flexibility index (Phi) is 3.92. The van der Waals surface area contributed by atoms with Crippen LogP contribution >= 0.6 is 0 Å². The first-order valence-electron chi connectivity index (χ1n) is 6.01. The largest absolute Gasteiger partial charge is 0.415 e. The Bertz CT molecular complexity index is 376. The van der Waals surface area contributed by atoms with Crippen LogP contribution in [0.15, 0.2) is 30.3 Å². The SMILES string of the molecule is OC(CNC(c1ccccc1)C1CC1)C(F)(F)F. The van der Waals surface area contributed by atoms with Gasteiger partial charge in [0, 0.05) is 12.6 Å². The molecule has 1 aliphatic carbocycles. The highest BCUT2D eigenvalue weighted by atomic mass is 19.4. The molecule has 2 unspecified atom stereocenters. The van der Waals surface area contributed by atoms with E-state index in [9.17, 15) is 13.2 Å². The third-order valence-electron chi connectivity index (χ3n) is 3.16. The van der Waals surface area contributed by atoms with Gasteiger partial charge in [-0.3, -0.25) is 0 Å². The van der Waals surface area contributed by atoms with Crippen LogP contribution < -0.4 is 5.32 Å². The van der Waals surface area contributed by atoms with Crippen LogP contribution in [0.3, 0.4) is 0 Å². The smallest absolute Gasteiger partial charge is 0.382 e. The van der Waals surface area contributed by atoms with Crippen molar-refractivity contribution in [3.63, 3.8) is 0 Å². The van der Waals surface area contributed by atoms with Gasteiger partial charge in [-0.05, 0) is 24.3 Å². The number of alkyl halides is 3. The summed E-state index contributed by atoms with van der Waals surface area (Å²) in [6.45, 7) is -0.459. The number of halogens is 3. The minimum Gasteiger partial charge on any atom is -0.382 e. The van der Waals surface area contributed by atoms with Gasteiger partial charge in [0.15, 0.2) is 6.10 Å². The lowest BCUT2D eigenvalue weighted by atomic mass is 10.0. The van der Waals surface area contributed by atoms with E-state index >= 15 is 0 Å². The minimum absolute atomic E-state index is 0.0943. The van der Waals surface area contributed by atoms with Gasteiger partial charge < -0.3 is 10.4 Å². The zero-order valence-corrected chi connectivity index (χ0v) is 9.82. The molecule has 1 aliphatic rings. The number of benzene rings is 1. The molecular weight excluding hydrogens is 243 g/mol. The summed E-state index contributed by atoms with van der Waals surface area (Å²) in [5.74, 6) is 0.382. The van der Waals surface area contributed by atoms with Crippen LogP contribution in [-0.4, -0.2) is 23.9 Å². The molecule has 0 saturated heterocycles. The van der Waals surface area contributed by atoms with Crippen molar-refractivity contribution < 1.29 is 18.3 Å². The molecule has 1 aromatic rings. The standard InChI is InChI=1S/C13H16F3NO/c14-13(15,16)11(18)8-17-12(10-6-7-10)9-4-2-1-3-5-9/h1-5,10-12,17-18H,6-8H2. The lowest BCUT2D eigenvalue weighted by molar-refractivity contribution is -0.202. The second-order valence-corrected chi connectivity index (χ2v) is 4.69. The molecule has 0 spiro atoms. The first-order valence-corrected chi connectivity index (χ1v) is 6.01. The van der Waals surface area contributed by atoms with Gasteiger partial charge in [0.1, 0.15) is 0 Å². The predicted molar refractivity (Wildman–Crippen MR) is 62.0 cm³/mol. The summed E-state index contributed by atoms with van der Waals surface area (Å²) in [6, 6.07) is 9.31. The highest BCUT2D eigenvalue weighted by molar-refractivity contribution is 5.21. The van der Waals surface area contributed by atoms with Gasteiger partial charge in [-0.25, -0.2) is 0 Å². The highest BCUT2D eigenvalue weighted by Gasteiger charge is 2.39. The van der Waals surface area contributed by atoms with Crippen LogP contribution in [-0.2, 0) is 0 Å². The Morgan fingerprint density at radius 2 is 1.83 bits per heavy atom. The van der Waals surface area contributed by atoms with Crippen molar-refractivity contribution in [1.82, 2.24) is 5.32 Å². The summed E-state index contributed by atoms with van der Waals surface area (Å²) < 4.78 is 36.7. The lowest BCUT2D eigenvalue weighted by Gasteiger charge is -2.22. The molecule has 1 fully saturated rings. The third-order valence-corrected chi connectivity index (χ3v) is 3.16. The molecule has 1 aromatic carbocycles. The maximum absolute atomic E-state index is 12.2. The van der Waals surface area contributed by atoms with Gasteiger partial charge in [0.05, 0.1) is 0 Å². The molecule has 0 bridgehead atoms. The number of hydrogen-bond donors (Lipinski definition) is 2. The van der Waals surface area contributed by atoms with Crippen molar-refractivity contribution in [2.45, 2.75) is 31.2 Å². The zero-order valence-electron chi connectivity index (χ0n) is 9.82. The maximum atomic E-state index is 12.2. The van der Waals surface area contributed by atoms with Crippen molar-refractivity contribution in [3.8, 4) is 0 Å². The molecule has 2 nitrogen and oxygen atoms in total. The van der Waals surface area contributed by atoms with Crippen LogP contribution in [0.1, 0.15) is 24.4 Å². The summed E-state index contributed by atoms with van der Waals surface area (Å²) in [4.78, 5) is 0. The van der Waals surface area contributed by atoms with Crippen molar-refractivity contribution >= 4 is 0 Å². The summed E-state index contributed by atoms with van der Waals surface area (Å²) in [5.41, 5.74) is 0.981. The number of aliphatic hydroxyl groups excluding tert-OH is 1. The van der Waals surface area contributed by atoms with Crippen LogP contribution in [0, 0.1) is 5.92 Å². The van der Waals surface area contributed by atoms with Crippen molar-refractivity contribution in [3.05, 3.63) is 35.9 Å². The lowest BCUT2D eigenvalue weighted by Crippen LogP contribution is -2.40. The fourth-order valence-corrected chi connectivity index (χ4v) is 2.00. The van der Waals surface area contributed by atoms with Crippen molar-refractivity contribution in [1.29, 1.82) is 0 Å². The second kappa shape index (κ2) is 5.28. The molecule has 18 heavy (non-hydrogen) atoms. The number of nitrogens with one attached hydrogen (secondary N) is 1. The first-order chi connectivity index (χ1) is 8.48. The van der Waals surface area contributed by atoms with Crippen LogP contribution in [0.2, 0.25) is 0 Å². The summed E-state index contributed by atoms with van der Waals surface area (Å²) in [5, 5.41) is 11.8. The number of hydrogen-bond acceptors (Lipinski definition) is 2. The van der Waals surface area contributed by atoms with E-state index in [4.69, 9.17) is 5.11 Å². The van der Waals surface area contributed by atoms with Gasteiger partial charge in [0.2, 0.25) is 0 Å². The van der Waals surface area contributed by atoms with Gasteiger partial charge in [0.25, 0.3) is 0 Å². The van der Waals surface area contributed by atoms with Crippen LogP contribution in [0.5, 0.6) is 0 Å². The fraction of sp³-hybridized carbons (Fsp3) is 0.538. The third kappa shape index (κ3) is 3.46.